The molecule has 3 rings (SSSR count). The molecule has 0 amide bonds. The molecule has 0 atom stereocenters. The first-order valence-corrected chi connectivity index (χ1v) is 7.45. The Morgan fingerprint density at radius 2 is 2.16 bits per heavy atom. The van der Waals surface area contributed by atoms with Crippen molar-refractivity contribution in [3.05, 3.63) is 23.8 Å². The van der Waals surface area contributed by atoms with E-state index in [9.17, 15) is 4.79 Å². The number of aliphatic imine (C=N–C) groups is 1. The summed E-state index contributed by atoms with van der Waals surface area (Å²) in [5.41, 5.74) is 0.642. The van der Waals surface area contributed by atoms with E-state index in [1.54, 1.807) is 13.2 Å². The highest BCUT2D eigenvalue weighted by Crippen LogP contribution is 2.50. The van der Waals surface area contributed by atoms with Crippen LogP contribution < -0.4 is 9.47 Å². The van der Waals surface area contributed by atoms with Crippen molar-refractivity contribution >= 4 is 17.8 Å². The molecule has 0 radical (unpaired) electrons. The van der Waals surface area contributed by atoms with E-state index in [0.717, 1.165) is 35.7 Å². The van der Waals surface area contributed by atoms with Crippen LogP contribution in [0.3, 0.4) is 0 Å². The van der Waals surface area contributed by atoms with Gasteiger partial charge in [0.25, 0.3) is 0 Å². The number of carbonyl (C=O) groups excluding carboxylic acids is 1. The van der Waals surface area contributed by atoms with E-state index >= 15 is 0 Å². The topological polar surface area (TPSA) is 47.9 Å². The number of methoxy groups -OCH3 is 1. The van der Waals surface area contributed by atoms with E-state index in [1.165, 1.54) is 0 Å². The SMILES string of the molecule is COc1cc(C2(N=C=O)CC2)ccc1OC1CSC1. The molecule has 1 saturated carbocycles. The number of thioether (sulfide) groups is 1. The molecule has 0 N–H and O–H groups in total. The molecule has 0 spiro atoms. The van der Waals surface area contributed by atoms with Gasteiger partial charge in [-0.05, 0) is 30.5 Å². The molecule has 1 aliphatic carbocycles. The monoisotopic (exact) mass is 277 g/mol. The first-order valence-electron chi connectivity index (χ1n) is 6.29. The predicted octanol–water partition coefficient (Wildman–Crippen LogP) is 2.51. The van der Waals surface area contributed by atoms with Crippen LogP contribution >= 0.6 is 11.8 Å². The summed E-state index contributed by atoms with van der Waals surface area (Å²) in [7, 11) is 1.63. The van der Waals surface area contributed by atoms with Gasteiger partial charge >= 0.3 is 0 Å². The molecule has 1 aliphatic heterocycles. The Balaban J connectivity index is 1.86. The largest absolute Gasteiger partial charge is 0.493 e. The smallest absolute Gasteiger partial charge is 0.235 e. The number of ether oxygens (including phenoxy) is 2. The van der Waals surface area contributed by atoms with E-state index in [2.05, 4.69) is 4.99 Å². The van der Waals surface area contributed by atoms with E-state index in [-0.39, 0.29) is 11.6 Å². The summed E-state index contributed by atoms with van der Waals surface area (Å²) in [5, 5.41) is 0. The van der Waals surface area contributed by atoms with Gasteiger partial charge in [-0.25, -0.2) is 4.79 Å². The zero-order chi connectivity index (χ0) is 13.3. The Morgan fingerprint density at radius 1 is 1.37 bits per heavy atom. The van der Waals surface area contributed by atoms with Crippen LogP contribution in [0.5, 0.6) is 11.5 Å². The first kappa shape index (κ1) is 12.6. The maximum absolute atomic E-state index is 10.5. The van der Waals surface area contributed by atoms with Crippen LogP contribution in [-0.2, 0) is 10.3 Å². The lowest BCUT2D eigenvalue weighted by Gasteiger charge is -2.27. The van der Waals surface area contributed by atoms with Crippen molar-refractivity contribution in [1.82, 2.24) is 0 Å². The van der Waals surface area contributed by atoms with E-state index in [0.29, 0.717) is 5.75 Å². The van der Waals surface area contributed by atoms with Crippen LogP contribution in [-0.4, -0.2) is 30.8 Å². The number of benzene rings is 1. The van der Waals surface area contributed by atoms with Crippen LogP contribution in [0, 0.1) is 0 Å². The maximum atomic E-state index is 10.5. The molecule has 1 saturated heterocycles. The number of isocyanates is 1. The molecule has 4 nitrogen and oxygen atoms in total. The maximum Gasteiger partial charge on any atom is 0.235 e. The molecule has 0 unspecified atom stereocenters. The van der Waals surface area contributed by atoms with Gasteiger partial charge in [0.15, 0.2) is 11.5 Å². The fraction of sp³-hybridized carbons (Fsp3) is 0.500. The van der Waals surface area contributed by atoms with Gasteiger partial charge in [0.2, 0.25) is 6.08 Å². The molecule has 1 aromatic carbocycles. The second-order valence-corrected chi connectivity index (χ2v) is 5.95. The third-order valence-electron chi connectivity index (χ3n) is 3.59. The highest BCUT2D eigenvalue weighted by atomic mass is 32.2. The van der Waals surface area contributed by atoms with Gasteiger partial charge in [0.05, 0.1) is 12.6 Å². The second-order valence-electron chi connectivity index (χ2n) is 4.88. The summed E-state index contributed by atoms with van der Waals surface area (Å²) in [6, 6.07) is 5.81. The van der Waals surface area contributed by atoms with E-state index in [1.807, 2.05) is 30.0 Å². The van der Waals surface area contributed by atoms with Gasteiger partial charge in [-0.3, -0.25) is 0 Å². The first-order chi connectivity index (χ1) is 9.27. The molecule has 100 valence electrons. The van der Waals surface area contributed by atoms with E-state index < -0.39 is 0 Å². The van der Waals surface area contributed by atoms with Crippen LogP contribution in [0.2, 0.25) is 0 Å². The summed E-state index contributed by atoms with van der Waals surface area (Å²) in [6.07, 6.45) is 3.74. The van der Waals surface area contributed by atoms with Crippen molar-refractivity contribution < 1.29 is 14.3 Å². The zero-order valence-corrected chi connectivity index (χ0v) is 11.5. The van der Waals surface area contributed by atoms with Crippen molar-refractivity contribution in [2.24, 2.45) is 4.99 Å². The summed E-state index contributed by atoms with van der Waals surface area (Å²) < 4.78 is 11.3. The van der Waals surface area contributed by atoms with Gasteiger partial charge in [-0.1, -0.05) is 6.07 Å². The molecule has 5 heteroatoms. The Bertz CT molecular complexity index is 531. The van der Waals surface area contributed by atoms with Gasteiger partial charge in [-0.15, -0.1) is 0 Å². The molecule has 1 aromatic rings. The Hall–Kier alpha value is -1.45. The predicted molar refractivity (Wildman–Crippen MR) is 73.8 cm³/mol. The van der Waals surface area contributed by atoms with Crippen molar-refractivity contribution in [1.29, 1.82) is 0 Å². The number of rotatable bonds is 5. The second kappa shape index (κ2) is 4.91. The van der Waals surface area contributed by atoms with Crippen molar-refractivity contribution in [2.45, 2.75) is 24.5 Å². The highest BCUT2D eigenvalue weighted by molar-refractivity contribution is 8.00. The summed E-state index contributed by atoms with van der Waals surface area (Å²) >= 11 is 1.88. The minimum atomic E-state index is -0.361. The number of hydrogen-bond acceptors (Lipinski definition) is 5. The van der Waals surface area contributed by atoms with Gasteiger partial charge in [0.1, 0.15) is 6.10 Å². The van der Waals surface area contributed by atoms with Crippen LogP contribution in [0.25, 0.3) is 0 Å². The molecular formula is C14H15NO3S. The van der Waals surface area contributed by atoms with Crippen molar-refractivity contribution in [2.75, 3.05) is 18.6 Å². The average molecular weight is 277 g/mol. The Kier molecular flexibility index (Phi) is 3.25. The zero-order valence-electron chi connectivity index (χ0n) is 10.7. The third-order valence-corrected chi connectivity index (χ3v) is 4.80. The fourth-order valence-corrected chi connectivity index (χ4v) is 2.75. The average Bonchev–Trinajstić information content (AvgIpc) is 3.15. The Labute approximate surface area is 116 Å². The Morgan fingerprint density at radius 3 is 2.68 bits per heavy atom. The van der Waals surface area contributed by atoms with Crippen LogP contribution in [0.15, 0.2) is 23.2 Å². The lowest BCUT2D eigenvalue weighted by molar-refractivity contribution is 0.228. The lowest BCUT2D eigenvalue weighted by atomic mass is 10.0. The molecule has 19 heavy (non-hydrogen) atoms. The highest BCUT2D eigenvalue weighted by Gasteiger charge is 2.45. The number of hydrogen-bond donors (Lipinski definition) is 0. The van der Waals surface area contributed by atoms with Crippen LogP contribution in [0.4, 0.5) is 0 Å². The molecule has 1 heterocycles. The van der Waals surface area contributed by atoms with Crippen molar-refractivity contribution in [3.63, 3.8) is 0 Å². The van der Waals surface area contributed by atoms with Gasteiger partial charge < -0.3 is 9.47 Å². The minimum absolute atomic E-state index is 0.285. The van der Waals surface area contributed by atoms with Crippen molar-refractivity contribution in [3.8, 4) is 11.5 Å². The molecule has 0 bridgehead atoms. The molecule has 0 aromatic heterocycles. The fourth-order valence-electron chi connectivity index (χ4n) is 2.19. The van der Waals surface area contributed by atoms with Gasteiger partial charge in [0, 0.05) is 11.5 Å². The summed E-state index contributed by atoms with van der Waals surface area (Å²) in [4.78, 5) is 14.4. The quantitative estimate of drug-likeness (QED) is 0.613. The lowest BCUT2D eigenvalue weighted by Crippen LogP contribution is -2.31. The van der Waals surface area contributed by atoms with E-state index in [4.69, 9.17) is 9.47 Å². The molecule has 2 fully saturated rings. The van der Waals surface area contributed by atoms with Crippen LogP contribution in [0.1, 0.15) is 18.4 Å². The third kappa shape index (κ3) is 2.36. The normalized spacial score (nSPS) is 20.1. The van der Waals surface area contributed by atoms with Gasteiger partial charge in [-0.2, -0.15) is 16.8 Å². The minimum Gasteiger partial charge on any atom is -0.493 e. The molecular weight excluding hydrogens is 262 g/mol. The summed E-state index contributed by atoms with van der Waals surface area (Å²) in [6.45, 7) is 0. The standard InChI is InChI=1S/C14H15NO3S/c1-17-13-6-10(14(4-5-14)15-9-16)2-3-12(13)18-11-7-19-8-11/h2-3,6,11H,4-5,7-8H2,1H3. The summed E-state index contributed by atoms with van der Waals surface area (Å²) in [5.74, 6) is 3.54. The molecule has 2 aliphatic rings. The number of nitrogens with zero attached hydrogens (tertiary/aromatic N) is 1.